The molecule has 0 saturated heterocycles. The van der Waals surface area contributed by atoms with Gasteiger partial charge in [0.05, 0.1) is 0 Å². The Morgan fingerprint density at radius 1 is 1.20 bits per heavy atom. The quantitative estimate of drug-likeness (QED) is 0.669. The minimum absolute atomic E-state index is 0.397. The van der Waals surface area contributed by atoms with Gasteiger partial charge in [0.15, 0.2) is 0 Å². The zero-order chi connectivity index (χ0) is 15.0. The summed E-state index contributed by atoms with van der Waals surface area (Å²) in [7, 11) is 0. The number of benzene rings is 1. The van der Waals surface area contributed by atoms with Gasteiger partial charge in [-0.25, -0.2) is 0 Å². The first-order chi connectivity index (χ1) is 9.63. The van der Waals surface area contributed by atoms with Crippen molar-refractivity contribution in [3.8, 4) is 0 Å². The molecular weight excluding hydrogens is 312 g/mol. The van der Waals surface area contributed by atoms with Crippen molar-refractivity contribution in [1.29, 1.82) is 0 Å². The summed E-state index contributed by atoms with van der Waals surface area (Å²) in [4.78, 5) is 2.49. The topological polar surface area (TPSA) is 15.3 Å². The van der Waals surface area contributed by atoms with Crippen LogP contribution in [-0.2, 0) is 0 Å². The Kier molecular flexibility index (Phi) is 8.24. The minimum Gasteiger partial charge on any atom is -0.372 e. The fraction of sp³-hybridized carbons (Fsp3) is 0.647. The van der Waals surface area contributed by atoms with E-state index in [1.807, 2.05) is 0 Å². The van der Waals surface area contributed by atoms with Gasteiger partial charge < -0.3 is 10.2 Å². The highest BCUT2D eigenvalue weighted by Crippen LogP contribution is 2.30. The van der Waals surface area contributed by atoms with Crippen LogP contribution in [0.25, 0.3) is 0 Å². The van der Waals surface area contributed by atoms with Gasteiger partial charge in [0.2, 0.25) is 0 Å². The Hall–Kier alpha value is -0.540. The van der Waals surface area contributed by atoms with Gasteiger partial charge in [-0.3, -0.25) is 0 Å². The molecule has 0 bridgehead atoms. The molecule has 1 rings (SSSR count). The summed E-state index contributed by atoms with van der Waals surface area (Å²) in [6.07, 6.45) is 3.66. The molecule has 0 amide bonds. The van der Waals surface area contributed by atoms with E-state index in [1.54, 1.807) is 0 Å². The monoisotopic (exact) mass is 340 g/mol. The van der Waals surface area contributed by atoms with Gasteiger partial charge in [-0.2, -0.15) is 0 Å². The highest BCUT2D eigenvalue weighted by Gasteiger charge is 2.14. The molecule has 1 unspecified atom stereocenters. The first-order valence-electron chi connectivity index (χ1n) is 7.91. The first kappa shape index (κ1) is 17.5. The second-order valence-electron chi connectivity index (χ2n) is 5.31. The normalized spacial score (nSPS) is 12.4. The van der Waals surface area contributed by atoms with E-state index in [-0.39, 0.29) is 0 Å². The summed E-state index contributed by atoms with van der Waals surface area (Å²) in [5.41, 5.74) is 2.77. The van der Waals surface area contributed by atoms with Gasteiger partial charge in [0.25, 0.3) is 0 Å². The van der Waals surface area contributed by atoms with Crippen LogP contribution < -0.4 is 10.2 Å². The SMILES string of the molecule is CCCCN(CC)c1cc(Br)ccc1C(C)NCCC. The van der Waals surface area contributed by atoms with E-state index in [0.717, 1.165) is 24.1 Å². The zero-order valence-corrected chi connectivity index (χ0v) is 15.0. The second-order valence-corrected chi connectivity index (χ2v) is 6.23. The van der Waals surface area contributed by atoms with Crippen LogP contribution in [0.2, 0.25) is 0 Å². The number of hydrogen-bond acceptors (Lipinski definition) is 2. The number of nitrogens with one attached hydrogen (secondary N) is 1. The number of anilines is 1. The molecule has 0 heterocycles. The molecule has 0 fully saturated rings. The summed E-state index contributed by atoms with van der Waals surface area (Å²) in [5, 5.41) is 3.60. The molecule has 0 spiro atoms. The average molecular weight is 341 g/mol. The first-order valence-corrected chi connectivity index (χ1v) is 8.71. The molecule has 3 heteroatoms. The molecular formula is C17H29BrN2. The Morgan fingerprint density at radius 2 is 1.95 bits per heavy atom. The van der Waals surface area contributed by atoms with E-state index in [1.165, 1.54) is 30.5 Å². The lowest BCUT2D eigenvalue weighted by molar-refractivity contribution is 0.568. The molecule has 0 aliphatic rings. The number of nitrogens with zero attached hydrogens (tertiary/aromatic N) is 1. The van der Waals surface area contributed by atoms with Gasteiger partial charge in [-0.15, -0.1) is 0 Å². The molecule has 1 aromatic carbocycles. The fourth-order valence-corrected chi connectivity index (χ4v) is 2.77. The molecule has 1 N–H and O–H groups in total. The maximum atomic E-state index is 3.62. The Morgan fingerprint density at radius 3 is 2.55 bits per heavy atom. The molecule has 1 atom stereocenters. The van der Waals surface area contributed by atoms with Crippen molar-refractivity contribution in [3.63, 3.8) is 0 Å². The third-order valence-electron chi connectivity index (χ3n) is 3.66. The van der Waals surface area contributed by atoms with Crippen molar-refractivity contribution in [2.24, 2.45) is 0 Å². The lowest BCUT2D eigenvalue weighted by Crippen LogP contribution is -2.27. The molecule has 0 aliphatic carbocycles. The van der Waals surface area contributed by atoms with Crippen LogP contribution in [0.15, 0.2) is 22.7 Å². The predicted octanol–water partition coefficient (Wildman–Crippen LogP) is 5.14. The predicted molar refractivity (Wildman–Crippen MR) is 93.6 cm³/mol. The van der Waals surface area contributed by atoms with E-state index in [4.69, 9.17) is 0 Å². The van der Waals surface area contributed by atoms with E-state index in [2.05, 4.69) is 72.0 Å². The summed E-state index contributed by atoms with van der Waals surface area (Å²) < 4.78 is 1.16. The Bertz CT molecular complexity index is 393. The molecule has 2 nitrogen and oxygen atoms in total. The van der Waals surface area contributed by atoms with Crippen LogP contribution in [0.5, 0.6) is 0 Å². The van der Waals surface area contributed by atoms with E-state index in [0.29, 0.717) is 6.04 Å². The smallest absolute Gasteiger partial charge is 0.0425 e. The standard InChI is InChI=1S/C17H29BrN2/c1-5-8-12-20(7-3)17-13-15(18)9-10-16(17)14(4)19-11-6-2/h9-10,13-14,19H,5-8,11-12H2,1-4H3. The van der Waals surface area contributed by atoms with Crippen molar-refractivity contribution >= 4 is 21.6 Å². The van der Waals surface area contributed by atoms with E-state index in [9.17, 15) is 0 Å². The molecule has 114 valence electrons. The highest BCUT2D eigenvalue weighted by molar-refractivity contribution is 9.10. The van der Waals surface area contributed by atoms with E-state index >= 15 is 0 Å². The summed E-state index contributed by atoms with van der Waals surface area (Å²) in [5.74, 6) is 0. The molecule has 0 aromatic heterocycles. The fourth-order valence-electron chi connectivity index (χ4n) is 2.43. The van der Waals surface area contributed by atoms with Crippen molar-refractivity contribution < 1.29 is 0 Å². The molecule has 0 radical (unpaired) electrons. The summed E-state index contributed by atoms with van der Waals surface area (Å²) >= 11 is 3.62. The average Bonchev–Trinajstić information content (AvgIpc) is 2.45. The van der Waals surface area contributed by atoms with Gasteiger partial charge in [0.1, 0.15) is 0 Å². The van der Waals surface area contributed by atoms with Crippen LogP contribution >= 0.6 is 15.9 Å². The van der Waals surface area contributed by atoms with Crippen molar-refractivity contribution in [2.45, 2.75) is 53.0 Å². The van der Waals surface area contributed by atoms with Crippen molar-refractivity contribution in [1.82, 2.24) is 5.32 Å². The Balaban J connectivity index is 2.98. The molecule has 0 aliphatic heterocycles. The van der Waals surface area contributed by atoms with Gasteiger partial charge in [-0.05, 0) is 50.9 Å². The maximum Gasteiger partial charge on any atom is 0.0425 e. The third-order valence-corrected chi connectivity index (χ3v) is 4.16. The van der Waals surface area contributed by atoms with Gasteiger partial charge in [-0.1, -0.05) is 42.3 Å². The van der Waals surface area contributed by atoms with E-state index < -0.39 is 0 Å². The van der Waals surface area contributed by atoms with Gasteiger partial charge >= 0.3 is 0 Å². The zero-order valence-electron chi connectivity index (χ0n) is 13.4. The summed E-state index contributed by atoms with van der Waals surface area (Å²) in [6, 6.07) is 7.06. The Labute approximate surface area is 133 Å². The van der Waals surface area contributed by atoms with Crippen LogP contribution in [0, 0.1) is 0 Å². The number of hydrogen-bond donors (Lipinski definition) is 1. The van der Waals surface area contributed by atoms with Crippen LogP contribution in [0.4, 0.5) is 5.69 Å². The number of unbranched alkanes of at least 4 members (excludes halogenated alkanes) is 1. The van der Waals surface area contributed by atoms with Crippen LogP contribution in [-0.4, -0.2) is 19.6 Å². The maximum absolute atomic E-state index is 3.62. The molecule has 20 heavy (non-hydrogen) atoms. The van der Waals surface area contributed by atoms with Crippen LogP contribution in [0.3, 0.4) is 0 Å². The minimum atomic E-state index is 0.397. The molecule has 0 saturated carbocycles. The largest absolute Gasteiger partial charge is 0.372 e. The second kappa shape index (κ2) is 9.41. The van der Waals surface area contributed by atoms with Crippen LogP contribution in [0.1, 0.15) is 58.6 Å². The summed E-state index contributed by atoms with van der Waals surface area (Å²) in [6.45, 7) is 12.2. The molecule has 1 aromatic rings. The van der Waals surface area contributed by atoms with Crippen molar-refractivity contribution in [3.05, 3.63) is 28.2 Å². The third kappa shape index (κ3) is 5.10. The number of rotatable bonds is 9. The van der Waals surface area contributed by atoms with Crippen molar-refractivity contribution in [2.75, 3.05) is 24.5 Å². The highest BCUT2D eigenvalue weighted by atomic mass is 79.9. The van der Waals surface area contributed by atoms with Gasteiger partial charge in [0, 0.05) is 29.3 Å². The number of halogens is 1. The lowest BCUT2D eigenvalue weighted by atomic mass is 10.0. The lowest BCUT2D eigenvalue weighted by Gasteiger charge is -2.28.